The van der Waals surface area contributed by atoms with E-state index in [2.05, 4.69) is 37.1 Å². The highest BCUT2D eigenvalue weighted by Gasteiger charge is 2.20. The Morgan fingerprint density at radius 3 is 2.78 bits per heavy atom. The second-order valence-electron chi connectivity index (χ2n) is 4.97. The van der Waals surface area contributed by atoms with Crippen molar-refractivity contribution in [2.45, 2.75) is 45.9 Å². The number of aryl methyl sites for hydroxylation is 1. The molecular weight excluding hydrogens is 228 g/mol. The third-order valence-electron chi connectivity index (χ3n) is 2.89. The normalized spacial score (nSPS) is 15.8. The zero-order valence-electron chi connectivity index (χ0n) is 11.4. The summed E-state index contributed by atoms with van der Waals surface area (Å²) >= 11 is 0. The number of pyridine rings is 1. The molecule has 4 nitrogen and oxygen atoms in total. The van der Waals surface area contributed by atoms with Crippen molar-refractivity contribution in [1.29, 1.82) is 0 Å². The van der Waals surface area contributed by atoms with E-state index < -0.39 is 0 Å². The van der Waals surface area contributed by atoms with Crippen LogP contribution in [0.4, 0.5) is 0 Å². The molecule has 0 aromatic carbocycles. The number of hydrogen-bond donors (Lipinski definition) is 1. The van der Waals surface area contributed by atoms with Gasteiger partial charge in [0.05, 0.1) is 13.2 Å². The molecule has 1 aromatic heterocycles. The lowest BCUT2D eigenvalue weighted by Gasteiger charge is -2.26. The Bertz CT molecular complexity index is 389. The Hall–Kier alpha value is -1.13. The summed E-state index contributed by atoms with van der Waals surface area (Å²) in [6, 6.07) is 4.64. The second kappa shape index (κ2) is 6.16. The third-order valence-corrected chi connectivity index (χ3v) is 2.89. The highest BCUT2D eigenvalue weighted by molar-refractivity contribution is 5.25. The van der Waals surface area contributed by atoms with E-state index in [4.69, 9.17) is 9.47 Å². The van der Waals surface area contributed by atoms with Crippen LogP contribution in [0.5, 0.6) is 5.88 Å². The van der Waals surface area contributed by atoms with Gasteiger partial charge >= 0.3 is 0 Å². The molecule has 100 valence electrons. The van der Waals surface area contributed by atoms with E-state index in [9.17, 15) is 0 Å². The first-order valence-corrected chi connectivity index (χ1v) is 6.65. The highest BCUT2D eigenvalue weighted by atomic mass is 16.6. The summed E-state index contributed by atoms with van der Waals surface area (Å²) in [7, 11) is 0. The lowest BCUT2D eigenvalue weighted by Crippen LogP contribution is -2.38. The van der Waals surface area contributed by atoms with Crippen molar-refractivity contribution in [3.05, 3.63) is 23.4 Å². The van der Waals surface area contributed by atoms with Crippen LogP contribution >= 0.6 is 0 Å². The first-order chi connectivity index (χ1) is 8.67. The van der Waals surface area contributed by atoms with Crippen LogP contribution in [-0.4, -0.2) is 30.3 Å². The van der Waals surface area contributed by atoms with Crippen molar-refractivity contribution >= 4 is 0 Å². The summed E-state index contributed by atoms with van der Waals surface area (Å²) in [5.74, 6) is 0.725. The molecule has 1 N–H and O–H groups in total. The van der Waals surface area contributed by atoms with Crippen LogP contribution in [0.15, 0.2) is 12.1 Å². The summed E-state index contributed by atoms with van der Waals surface area (Å²) in [4.78, 5) is 4.50. The number of ether oxygens (including phenoxy) is 2. The van der Waals surface area contributed by atoms with Crippen molar-refractivity contribution in [3.63, 3.8) is 0 Å². The standard InChI is InChI=1S/C14H22N2O2/c1-4-12-5-11(7-15-10(2)3)6-14(16-12)18-13-8-17-9-13/h5-6,10,13,15H,4,7-9H2,1-3H3. The predicted octanol–water partition coefficient (Wildman–Crippen LogP) is 1.92. The van der Waals surface area contributed by atoms with Gasteiger partial charge in [-0.1, -0.05) is 20.8 Å². The third kappa shape index (κ3) is 3.68. The van der Waals surface area contributed by atoms with E-state index in [-0.39, 0.29) is 6.10 Å². The molecule has 1 aliphatic heterocycles. The molecule has 0 aliphatic carbocycles. The molecule has 0 saturated carbocycles. The van der Waals surface area contributed by atoms with E-state index >= 15 is 0 Å². The SMILES string of the molecule is CCc1cc(CNC(C)C)cc(OC2COC2)n1. The molecule has 0 spiro atoms. The van der Waals surface area contributed by atoms with Crippen LogP contribution in [-0.2, 0) is 17.7 Å². The Labute approximate surface area is 109 Å². The average molecular weight is 250 g/mol. The van der Waals surface area contributed by atoms with Crippen molar-refractivity contribution < 1.29 is 9.47 Å². The van der Waals surface area contributed by atoms with Crippen LogP contribution in [0, 0.1) is 0 Å². The monoisotopic (exact) mass is 250 g/mol. The van der Waals surface area contributed by atoms with Crippen LogP contribution in [0.25, 0.3) is 0 Å². The van der Waals surface area contributed by atoms with Crippen molar-refractivity contribution in [2.24, 2.45) is 0 Å². The first-order valence-electron chi connectivity index (χ1n) is 6.65. The van der Waals surface area contributed by atoms with Gasteiger partial charge in [-0.05, 0) is 18.1 Å². The highest BCUT2D eigenvalue weighted by Crippen LogP contribution is 2.17. The molecular formula is C14H22N2O2. The maximum absolute atomic E-state index is 5.78. The fourth-order valence-electron chi connectivity index (χ4n) is 1.74. The fourth-order valence-corrected chi connectivity index (χ4v) is 1.74. The second-order valence-corrected chi connectivity index (χ2v) is 4.97. The molecule has 2 rings (SSSR count). The summed E-state index contributed by atoms with van der Waals surface area (Å²) in [6.45, 7) is 8.61. The average Bonchev–Trinajstić information content (AvgIpc) is 2.31. The number of rotatable bonds is 6. The van der Waals surface area contributed by atoms with Gasteiger partial charge in [0, 0.05) is 24.3 Å². The Morgan fingerprint density at radius 1 is 1.44 bits per heavy atom. The fraction of sp³-hybridized carbons (Fsp3) is 0.643. The molecule has 2 heterocycles. The van der Waals surface area contributed by atoms with E-state index in [0.717, 1.165) is 24.5 Å². The van der Waals surface area contributed by atoms with Gasteiger partial charge in [0.2, 0.25) is 5.88 Å². The zero-order valence-corrected chi connectivity index (χ0v) is 11.4. The van der Waals surface area contributed by atoms with Gasteiger partial charge in [-0.3, -0.25) is 0 Å². The maximum atomic E-state index is 5.78. The molecule has 4 heteroatoms. The lowest BCUT2D eigenvalue weighted by atomic mass is 10.2. The van der Waals surface area contributed by atoms with E-state index in [1.807, 2.05) is 6.07 Å². The molecule has 0 bridgehead atoms. The van der Waals surface area contributed by atoms with E-state index in [1.54, 1.807) is 0 Å². The van der Waals surface area contributed by atoms with Gasteiger partial charge in [-0.2, -0.15) is 0 Å². The topological polar surface area (TPSA) is 43.4 Å². The van der Waals surface area contributed by atoms with Crippen LogP contribution in [0.3, 0.4) is 0 Å². The molecule has 0 radical (unpaired) electrons. The Kier molecular flexibility index (Phi) is 4.55. The molecule has 0 amide bonds. The first kappa shape index (κ1) is 13.3. The molecule has 18 heavy (non-hydrogen) atoms. The molecule has 1 aliphatic rings. The zero-order chi connectivity index (χ0) is 13.0. The van der Waals surface area contributed by atoms with Crippen LogP contribution < -0.4 is 10.1 Å². The number of nitrogens with zero attached hydrogens (tertiary/aromatic N) is 1. The lowest BCUT2D eigenvalue weighted by molar-refractivity contribution is -0.0814. The Balaban J connectivity index is 2.05. The minimum Gasteiger partial charge on any atom is -0.469 e. The van der Waals surface area contributed by atoms with E-state index in [0.29, 0.717) is 19.3 Å². The number of aromatic nitrogens is 1. The smallest absolute Gasteiger partial charge is 0.214 e. The number of hydrogen-bond acceptors (Lipinski definition) is 4. The van der Waals surface area contributed by atoms with Gasteiger partial charge in [0.25, 0.3) is 0 Å². The molecule has 0 atom stereocenters. The van der Waals surface area contributed by atoms with E-state index in [1.165, 1.54) is 5.56 Å². The predicted molar refractivity (Wildman–Crippen MR) is 70.8 cm³/mol. The summed E-state index contributed by atoms with van der Waals surface area (Å²) < 4.78 is 10.9. The van der Waals surface area contributed by atoms with Crippen molar-refractivity contribution in [1.82, 2.24) is 10.3 Å². The van der Waals surface area contributed by atoms with Crippen molar-refractivity contribution in [3.8, 4) is 5.88 Å². The molecule has 1 aromatic rings. The van der Waals surface area contributed by atoms with Crippen LogP contribution in [0.1, 0.15) is 32.0 Å². The minimum absolute atomic E-state index is 0.176. The van der Waals surface area contributed by atoms with Gasteiger partial charge in [-0.15, -0.1) is 0 Å². The van der Waals surface area contributed by atoms with Gasteiger partial charge < -0.3 is 14.8 Å². The molecule has 0 unspecified atom stereocenters. The minimum atomic E-state index is 0.176. The summed E-state index contributed by atoms with van der Waals surface area (Å²) in [5, 5.41) is 3.41. The summed E-state index contributed by atoms with van der Waals surface area (Å²) in [5.41, 5.74) is 2.30. The van der Waals surface area contributed by atoms with Gasteiger partial charge in [-0.25, -0.2) is 4.98 Å². The Morgan fingerprint density at radius 2 is 2.22 bits per heavy atom. The van der Waals surface area contributed by atoms with Crippen LogP contribution in [0.2, 0.25) is 0 Å². The largest absolute Gasteiger partial charge is 0.469 e. The molecule has 1 saturated heterocycles. The molecule has 1 fully saturated rings. The maximum Gasteiger partial charge on any atom is 0.214 e. The number of nitrogens with one attached hydrogen (secondary N) is 1. The van der Waals surface area contributed by atoms with Gasteiger partial charge in [0.1, 0.15) is 6.10 Å². The quantitative estimate of drug-likeness (QED) is 0.837. The summed E-state index contributed by atoms with van der Waals surface area (Å²) in [6.07, 6.45) is 1.10. The van der Waals surface area contributed by atoms with Crippen molar-refractivity contribution in [2.75, 3.05) is 13.2 Å². The van der Waals surface area contributed by atoms with Gasteiger partial charge in [0.15, 0.2) is 0 Å².